The van der Waals surface area contributed by atoms with Crippen molar-refractivity contribution in [2.45, 2.75) is 0 Å². The Kier molecular flexibility index (Phi) is 15.5. The molecule has 21 aromatic rings. The number of hydrogen-bond acceptors (Lipinski definition) is 7. The van der Waals surface area contributed by atoms with Crippen LogP contribution >= 0.6 is 11.3 Å². The summed E-state index contributed by atoms with van der Waals surface area (Å²) in [6, 6.07) is 150. The minimum absolute atomic E-state index is 0.0119. The van der Waals surface area contributed by atoms with E-state index in [-0.39, 0.29) is 13.4 Å². The topological polar surface area (TPSA) is 46.2 Å². The predicted molar refractivity (Wildman–Crippen MR) is 495 cm³/mol. The van der Waals surface area contributed by atoms with Gasteiger partial charge in [-0.1, -0.05) is 249 Å². The molecule has 0 spiro atoms. The largest absolute Gasteiger partial charge is 0.458 e. The smallest absolute Gasteiger partial charge is 0.256 e. The lowest BCUT2D eigenvalue weighted by Crippen LogP contribution is -2.58. The quantitative estimate of drug-likeness (QED) is 0.107. The lowest BCUT2D eigenvalue weighted by Gasteiger charge is -2.36. The van der Waals surface area contributed by atoms with E-state index in [0.717, 1.165) is 125 Å². The van der Waals surface area contributed by atoms with Crippen molar-refractivity contribution in [2.24, 2.45) is 0 Å². The number of benzene rings is 17. The van der Waals surface area contributed by atoms with E-state index in [1.807, 2.05) is 11.3 Å². The van der Waals surface area contributed by atoms with Crippen LogP contribution in [0.2, 0.25) is 0 Å². The Morgan fingerprint density at radius 2 is 0.585 bits per heavy atom. The monoisotopic (exact) mass is 1530 g/mol. The molecule has 0 amide bonds. The molecule has 25 rings (SSSR count). The van der Waals surface area contributed by atoms with Gasteiger partial charge < -0.3 is 42.8 Å². The summed E-state index contributed by atoms with van der Waals surface area (Å²) in [7, 11) is 0. The van der Waals surface area contributed by atoms with Crippen LogP contribution in [0.25, 0.3) is 81.1 Å². The fraction of sp³-hybridized carbons (Fsp3) is 0. The van der Waals surface area contributed by atoms with Gasteiger partial charge in [0.15, 0.2) is 0 Å². The lowest BCUT2D eigenvalue weighted by atomic mass is 9.34. The predicted octanol–water partition coefficient (Wildman–Crippen LogP) is 24.5. The van der Waals surface area contributed by atoms with Crippen molar-refractivity contribution in [2.75, 3.05) is 19.6 Å². The van der Waals surface area contributed by atoms with Gasteiger partial charge in [-0.3, -0.25) is 0 Å². The average molecular weight is 1530 g/mol. The molecule has 118 heavy (non-hydrogen) atoms. The number of ether oxygens (including phenoxy) is 2. The fourth-order valence-electron chi connectivity index (χ4n) is 19.4. The van der Waals surface area contributed by atoms with E-state index in [2.05, 4.69) is 452 Å². The molecule has 0 unspecified atom stereocenters. The highest BCUT2D eigenvalue weighted by Gasteiger charge is 2.45. The molecule has 17 aromatic carbocycles. The van der Waals surface area contributed by atoms with Crippen LogP contribution in [0.15, 0.2) is 419 Å². The van der Waals surface area contributed by atoms with E-state index in [9.17, 15) is 0 Å². The van der Waals surface area contributed by atoms with Crippen LogP contribution in [0, 0.1) is 0 Å². The Balaban J connectivity index is 0.000000135. The molecule has 12 heteroatoms. The molecule has 0 bridgehead atoms. The summed E-state index contributed by atoms with van der Waals surface area (Å²) >= 11 is 1.89. The van der Waals surface area contributed by atoms with Crippen molar-refractivity contribution in [1.29, 1.82) is 0 Å². The maximum Gasteiger partial charge on any atom is 0.256 e. The summed E-state index contributed by atoms with van der Waals surface area (Å²) in [6.07, 6.45) is 0. The summed E-state index contributed by atoms with van der Waals surface area (Å²) in [5.74, 6) is 3.54. The number of para-hydroxylation sites is 12. The van der Waals surface area contributed by atoms with Crippen LogP contribution < -0.4 is 61.9 Å². The second kappa shape index (κ2) is 27.2. The number of nitrogens with zero attached hydrogens (tertiary/aromatic N) is 7. The first kappa shape index (κ1) is 67.3. The molecule has 9 nitrogen and oxygen atoms in total. The number of fused-ring (bicyclic) bond motifs is 18. The van der Waals surface area contributed by atoms with E-state index >= 15 is 0 Å². The first-order chi connectivity index (χ1) is 58.6. The van der Waals surface area contributed by atoms with Gasteiger partial charge in [0.05, 0.1) is 60.5 Å². The molecule has 4 aliphatic rings. The molecular weight excluding hydrogens is 1460 g/mol. The van der Waals surface area contributed by atoms with Gasteiger partial charge in [-0.25, -0.2) is 0 Å². The molecule has 0 radical (unpaired) electrons. The van der Waals surface area contributed by atoms with Gasteiger partial charge in [0.1, 0.15) is 23.0 Å². The summed E-state index contributed by atoms with van der Waals surface area (Å²) < 4.78 is 24.2. The van der Waals surface area contributed by atoms with Crippen molar-refractivity contribution in [3.63, 3.8) is 0 Å². The van der Waals surface area contributed by atoms with Crippen LogP contribution in [0.1, 0.15) is 0 Å². The minimum atomic E-state index is -0.0673. The standard InChI is InChI=1S/C56H37BN4O.C50H32BN3OS/c1-6-20-38(21-7-1)58(39-22-8-2-9-23-39)43-36-49-53-51(37-43)62-50-33-19-17-31-45(50)57(53)46-34-35-48(59(40-24-10-3-11-25-40)41-26-12-4-13-27-41)52-55(46)61(49)54-44-30-16-18-32-47(44)60(56(52)54)42-28-14-5-15-29-42;1-5-17-33(18-6-1)52(34-19-7-2-8-20-34)37-31-42-47-44(32-37)55-43-27-15-14-26-39(43)51(47)40-29-30-41(53(35-21-9-3-10-22-35)36-23-11-4-12-24-36)46-49(40)54(42)48-38-25-13-16-28-45(38)56-50(46)48/h1-37H;1-32H. The van der Waals surface area contributed by atoms with Gasteiger partial charge in [0, 0.05) is 101 Å². The molecule has 4 aliphatic heterocycles. The van der Waals surface area contributed by atoms with Crippen molar-refractivity contribution < 1.29 is 9.47 Å². The fourth-order valence-corrected chi connectivity index (χ4v) is 20.6. The molecule has 0 N–H and O–H groups in total. The molecule has 0 aliphatic carbocycles. The summed E-state index contributed by atoms with van der Waals surface area (Å²) in [5.41, 5.74) is 30.9. The summed E-state index contributed by atoms with van der Waals surface area (Å²) in [6.45, 7) is -0.0792. The third-order valence-corrected chi connectivity index (χ3v) is 25.2. The Morgan fingerprint density at radius 1 is 0.237 bits per heavy atom. The van der Waals surface area contributed by atoms with Crippen LogP contribution in [0.4, 0.5) is 68.2 Å². The number of thiophene rings is 1. The first-order valence-electron chi connectivity index (χ1n) is 40.3. The Bertz CT molecular complexity index is 7360. The van der Waals surface area contributed by atoms with E-state index in [1.54, 1.807) is 0 Å². The second-order valence-corrected chi connectivity index (χ2v) is 31.6. The number of rotatable bonds is 13. The molecule has 4 aromatic heterocycles. The van der Waals surface area contributed by atoms with Gasteiger partial charge in [-0.15, -0.1) is 11.3 Å². The van der Waals surface area contributed by atoms with Gasteiger partial charge in [0.25, 0.3) is 13.4 Å². The van der Waals surface area contributed by atoms with Crippen LogP contribution in [-0.2, 0) is 0 Å². The van der Waals surface area contributed by atoms with Crippen molar-refractivity contribution in [3.8, 4) is 40.1 Å². The van der Waals surface area contributed by atoms with Gasteiger partial charge in [0.2, 0.25) is 0 Å². The highest BCUT2D eigenvalue weighted by molar-refractivity contribution is 7.27. The molecule has 0 atom stereocenters. The van der Waals surface area contributed by atoms with Gasteiger partial charge in [-0.05, 0) is 191 Å². The van der Waals surface area contributed by atoms with E-state index in [4.69, 9.17) is 9.47 Å². The molecule has 0 saturated carbocycles. The molecule has 8 heterocycles. The maximum absolute atomic E-state index is 7.07. The first-order valence-corrected chi connectivity index (χ1v) is 41.1. The third kappa shape index (κ3) is 10.4. The Hall–Kier alpha value is -15.2. The van der Waals surface area contributed by atoms with E-state index < -0.39 is 0 Å². The zero-order valence-electron chi connectivity index (χ0n) is 63.8. The summed E-state index contributed by atoms with van der Waals surface area (Å²) in [5, 5.41) is 4.89. The molecular formula is C106H69B2N7O2S. The molecule has 552 valence electrons. The number of aromatic nitrogens is 3. The second-order valence-electron chi connectivity index (χ2n) is 30.6. The minimum Gasteiger partial charge on any atom is -0.458 e. The van der Waals surface area contributed by atoms with Crippen molar-refractivity contribution in [3.05, 3.63) is 419 Å². The van der Waals surface area contributed by atoms with Crippen LogP contribution in [0.5, 0.6) is 23.0 Å². The van der Waals surface area contributed by atoms with E-state index in [0.29, 0.717) is 0 Å². The van der Waals surface area contributed by atoms with E-state index in [1.165, 1.54) is 80.3 Å². The third-order valence-electron chi connectivity index (χ3n) is 24.1. The van der Waals surface area contributed by atoms with Gasteiger partial charge >= 0.3 is 0 Å². The van der Waals surface area contributed by atoms with Crippen LogP contribution in [-0.4, -0.2) is 27.1 Å². The van der Waals surface area contributed by atoms with Gasteiger partial charge in [-0.2, -0.15) is 0 Å². The van der Waals surface area contributed by atoms with Crippen LogP contribution in [0.3, 0.4) is 0 Å². The highest BCUT2D eigenvalue weighted by Crippen LogP contribution is 2.54. The SMILES string of the molecule is c1ccc(N(c2ccccc2)c2cc3c4c(c2)-n2c5c(ccc(N(c6ccccc6)c6ccccc6)c5c5c2c2ccccc2n5-c2ccccc2)B4c2ccccc2O3)cc1.c1ccc(N(c2ccccc2)c2cc3c4c(c2)-n2c5c(ccc(N(c6ccccc6)c6ccccc6)c5c5sc6ccccc6c52)B4c2ccccc2O3)cc1. The van der Waals surface area contributed by atoms with Crippen molar-refractivity contribution >= 4 is 190 Å². The number of hydrogen-bond donors (Lipinski definition) is 0. The Morgan fingerprint density at radius 3 is 1.03 bits per heavy atom. The molecule has 0 fully saturated rings. The summed E-state index contributed by atoms with van der Waals surface area (Å²) in [4.78, 5) is 9.55. The lowest BCUT2D eigenvalue weighted by molar-refractivity contribution is 0.487. The molecule has 0 saturated heterocycles. The average Bonchev–Trinajstić information content (AvgIpc) is 1.50. The normalized spacial score (nSPS) is 12.3. The van der Waals surface area contributed by atoms with Crippen molar-refractivity contribution in [1.82, 2.24) is 13.7 Å². The zero-order valence-corrected chi connectivity index (χ0v) is 64.7. The zero-order chi connectivity index (χ0) is 77.5. The Labute approximate surface area is 686 Å². The highest BCUT2D eigenvalue weighted by atomic mass is 32.1. The maximum atomic E-state index is 7.07. The number of anilines is 12.